The summed E-state index contributed by atoms with van der Waals surface area (Å²) in [4.78, 5) is 47.9. The number of ether oxygens (including phenoxy) is 1. The Bertz CT molecular complexity index is 1330. The number of ketones is 1. The summed E-state index contributed by atoms with van der Waals surface area (Å²) in [6.45, 7) is 1.09. The van der Waals surface area contributed by atoms with Crippen LogP contribution < -0.4 is 15.6 Å². The highest BCUT2D eigenvalue weighted by Gasteiger charge is 2.31. The second-order valence-electron chi connectivity index (χ2n) is 7.13. The fraction of sp³-hybridized carbons (Fsp3) is 0.238. The van der Waals surface area contributed by atoms with E-state index in [1.807, 2.05) is 0 Å². The molecule has 0 saturated carbocycles. The third-order valence-corrected chi connectivity index (χ3v) is 5.65. The molecule has 0 saturated heterocycles. The lowest BCUT2D eigenvalue weighted by Gasteiger charge is -2.16. The first-order valence-corrected chi connectivity index (χ1v) is 10.8. The van der Waals surface area contributed by atoms with E-state index in [2.05, 4.69) is 20.4 Å². The van der Waals surface area contributed by atoms with Crippen molar-refractivity contribution in [3.8, 4) is 5.75 Å². The van der Waals surface area contributed by atoms with Gasteiger partial charge in [0.1, 0.15) is 17.8 Å². The van der Waals surface area contributed by atoms with E-state index >= 15 is 0 Å². The number of halogens is 3. The highest BCUT2D eigenvalue weighted by atomic mass is 32.2. The Labute approximate surface area is 199 Å². The number of fused-ring (bicyclic) bond motifs is 1. The highest BCUT2D eigenvalue weighted by molar-refractivity contribution is 8.00. The van der Waals surface area contributed by atoms with E-state index in [0.717, 1.165) is 28.6 Å². The van der Waals surface area contributed by atoms with Crippen molar-refractivity contribution in [1.82, 2.24) is 20.3 Å². The first-order chi connectivity index (χ1) is 16.4. The van der Waals surface area contributed by atoms with Gasteiger partial charge in [-0.15, -0.1) is 30.0 Å². The number of hydrogen-bond acceptors (Lipinski definition) is 8. The first kappa shape index (κ1) is 25.7. The minimum atomic E-state index is -4.82. The number of amides is 1. The molecular formula is C21H17F3N4O6S. The second-order valence-corrected chi connectivity index (χ2v) is 8.14. The van der Waals surface area contributed by atoms with E-state index in [1.165, 1.54) is 24.3 Å². The van der Waals surface area contributed by atoms with Gasteiger partial charge < -0.3 is 15.2 Å². The highest BCUT2D eigenvalue weighted by Crippen LogP contribution is 2.25. The third-order valence-electron chi connectivity index (χ3n) is 4.59. The number of thioether (sulfide) groups is 1. The number of carboxylic acid groups (broad SMARTS) is 1. The van der Waals surface area contributed by atoms with Crippen molar-refractivity contribution in [2.75, 3.05) is 5.75 Å². The molecular weight excluding hydrogens is 493 g/mol. The smallest absolute Gasteiger partial charge is 0.475 e. The Hall–Kier alpha value is -3.94. The average Bonchev–Trinajstić information content (AvgIpc) is 2.78. The van der Waals surface area contributed by atoms with E-state index in [0.29, 0.717) is 10.5 Å². The molecule has 0 bridgehead atoms. The molecule has 2 N–H and O–H groups in total. The van der Waals surface area contributed by atoms with Crippen molar-refractivity contribution in [3.63, 3.8) is 0 Å². The topological polar surface area (TPSA) is 140 Å². The Morgan fingerprint density at radius 1 is 1.17 bits per heavy atom. The molecule has 184 valence electrons. The van der Waals surface area contributed by atoms with Gasteiger partial charge in [-0.05, 0) is 36.8 Å². The number of Topliss-reactive ketones (excluding diaryl/α,β-unsaturated/α-hetero) is 1. The number of benzene rings is 2. The van der Waals surface area contributed by atoms with E-state index in [1.54, 1.807) is 13.0 Å². The molecule has 2 aromatic carbocycles. The van der Waals surface area contributed by atoms with Gasteiger partial charge in [-0.25, -0.2) is 9.48 Å². The monoisotopic (exact) mass is 510 g/mol. The molecule has 14 heteroatoms. The van der Waals surface area contributed by atoms with Crippen molar-refractivity contribution in [2.45, 2.75) is 30.8 Å². The largest absolute Gasteiger partial charge is 0.573 e. The zero-order valence-electron chi connectivity index (χ0n) is 17.9. The van der Waals surface area contributed by atoms with Crippen molar-refractivity contribution in [2.24, 2.45) is 0 Å². The summed E-state index contributed by atoms with van der Waals surface area (Å²) in [5, 5.41) is 19.1. The zero-order chi connectivity index (χ0) is 25.8. The van der Waals surface area contributed by atoms with Crippen LogP contribution in [0.4, 0.5) is 13.2 Å². The van der Waals surface area contributed by atoms with Crippen LogP contribution in [0.25, 0.3) is 10.9 Å². The quantitative estimate of drug-likeness (QED) is 0.328. The van der Waals surface area contributed by atoms with Crippen molar-refractivity contribution < 1.29 is 37.4 Å². The Balaban J connectivity index is 1.73. The van der Waals surface area contributed by atoms with Crippen LogP contribution in [0.15, 0.2) is 52.2 Å². The predicted octanol–water partition coefficient (Wildman–Crippen LogP) is 2.31. The molecule has 0 spiro atoms. The van der Waals surface area contributed by atoms with Gasteiger partial charge in [-0.1, -0.05) is 23.4 Å². The summed E-state index contributed by atoms with van der Waals surface area (Å²) in [5.74, 6) is -4.06. The molecule has 1 atom stereocenters. The number of alkyl halides is 3. The van der Waals surface area contributed by atoms with E-state index in [-0.39, 0.29) is 10.9 Å². The van der Waals surface area contributed by atoms with Gasteiger partial charge in [-0.3, -0.25) is 14.4 Å². The molecule has 0 unspecified atom stereocenters. The van der Waals surface area contributed by atoms with Crippen molar-refractivity contribution in [3.05, 3.63) is 58.4 Å². The Morgan fingerprint density at radius 3 is 2.49 bits per heavy atom. The van der Waals surface area contributed by atoms with Crippen LogP contribution in [0.2, 0.25) is 0 Å². The second kappa shape index (κ2) is 10.5. The van der Waals surface area contributed by atoms with Crippen LogP contribution in [0.1, 0.15) is 18.5 Å². The van der Waals surface area contributed by atoms with Crippen LogP contribution in [0, 0.1) is 0 Å². The molecule has 3 aromatic rings. The summed E-state index contributed by atoms with van der Waals surface area (Å²) < 4.78 is 41.5. The summed E-state index contributed by atoms with van der Waals surface area (Å²) in [7, 11) is 0. The van der Waals surface area contributed by atoms with Crippen LogP contribution in [0.3, 0.4) is 0 Å². The van der Waals surface area contributed by atoms with Crippen molar-refractivity contribution in [1.29, 1.82) is 0 Å². The first-order valence-electron chi connectivity index (χ1n) is 9.85. The minimum absolute atomic E-state index is 0.0757. The number of carbonyl (C=O) groups excluding carboxylic acids is 2. The maximum atomic E-state index is 12.9. The van der Waals surface area contributed by atoms with E-state index in [9.17, 15) is 32.3 Å². The number of nitrogens with one attached hydrogen (secondary N) is 1. The number of carboxylic acids is 1. The number of rotatable bonds is 9. The molecule has 0 radical (unpaired) electrons. The SMILES string of the molecule is C[C@H](NC(=O)Cn1nnc2cccc(SCC(=O)C(=O)O)c2c1=O)c1ccc(OC(F)(F)F)cc1. The standard InChI is InChI=1S/C21H17F3N4O6S/c1-11(12-5-7-13(8-6-12)34-21(22,23)24)25-17(30)9-28-19(31)18-14(26-27-28)3-2-4-16(18)35-10-15(29)20(32)33/h2-8,11H,9-10H2,1H3,(H,25,30)(H,32,33)/t11-/m0/s1. The number of aliphatic carboxylic acids is 1. The minimum Gasteiger partial charge on any atom is -0.475 e. The van der Waals surface area contributed by atoms with Gasteiger partial charge in [0.25, 0.3) is 5.56 Å². The molecule has 0 fully saturated rings. The molecule has 0 aliphatic heterocycles. The number of nitrogens with zero attached hydrogens (tertiary/aromatic N) is 3. The average molecular weight is 510 g/mol. The lowest BCUT2D eigenvalue weighted by Crippen LogP contribution is -2.35. The van der Waals surface area contributed by atoms with Gasteiger partial charge in [0.2, 0.25) is 11.7 Å². The van der Waals surface area contributed by atoms with E-state index < -0.39 is 53.7 Å². The van der Waals surface area contributed by atoms with Gasteiger partial charge in [-0.2, -0.15) is 0 Å². The summed E-state index contributed by atoms with van der Waals surface area (Å²) in [6, 6.07) is 8.91. The summed E-state index contributed by atoms with van der Waals surface area (Å²) in [6.07, 6.45) is -4.82. The molecule has 0 aliphatic carbocycles. The van der Waals surface area contributed by atoms with Crippen LogP contribution in [-0.4, -0.2) is 49.9 Å². The number of aromatic nitrogens is 3. The molecule has 10 nitrogen and oxygen atoms in total. The summed E-state index contributed by atoms with van der Waals surface area (Å²) in [5.41, 5.74) is 0.0258. The summed E-state index contributed by atoms with van der Waals surface area (Å²) >= 11 is 0.848. The fourth-order valence-electron chi connectivity index (χ4n) is 2.98. The van der Waals surface area contributed by atoms with Crippen molar-refractivity contribution >= 4 is 40.3 Å². The van der Waals surface area contributed by atoms with Gasteiger partial charge >= 0.3 is 12.3 Å². The van der Waals surface area contributed by atoms with Gasteiger partial charge in [0, 0.05) is 4.90 Å². The van der Waals surface area contributed by atoms with Crippen LogP contribution >= 0.6 is 11.8 Å². The predicted molar refractivity (Wildman–Crippen MR) is 117 cm³/mol. The van der Waals surface area contributed by atoms with Gasteiger partial charge in [0.15, 0.2) is 0 Å². The Kier molecular flexibility index (Phi) is 7.74. The number of carbonyl (C=O) groups is 3. The molecule has 0 aliphatic rings. The van der Waals surface area contributed by atoms with Crippen LogP contribution in [0.5, 0.6) is 5.75 Å². The third kappa shape index (κ3) is 6.79. The molecule has 1 aromatic heterocycles. The lowest BCUT2D eigenvalue weighted by molar-refractivity contribution is -0.274. The Morgan fingerprint density at radius 2 is 1.86 bits per heavy atom. The van der Waals surface area contributed by atoms with Gasteiger partial charge in [0.05, 0.1) is 17.2 Å². The fourth-order valence-corrected chi connectivity index (χ4v) is 3.90. The molecule has 35 heavy (non-hydrogen) atoms. The molecule has 1 amide bonds. The zero-order valence-corrected chi connectivity index (χ0v) is 18.7. The lowest BCUT2D eigenvalue weighted by atomic mass is 10.1. The number of hydrogen-bond donors (Lipinski definition) is 2. The molecule has 1 heterocycles. The molecule has 3 rings (SSSR count). The normalized spacial score (nSPS) is 12.2. The maximum Gasteiger partial charge on any atom is 0.573 e. The van der Waals surface area contributed by atoms with E-state index in [4.69, 9.17) is 5.11 Å². The van der Waals surface area contributed by atoms with Crippen LogP contribution in [-0.2, 0) is 20.9 Å². The maximum absolute atomic E-state index is 12.9.